The summed E-state index contributed by atoms with van der Waals surface area (Å²) in [6.45, 7) is 1.83. The summed E-state index contributed by atoms with van der Waals surface area (Å²) in [6, 6.07) is 17.0. The molecule has 22 heavy (non-hydrogen) atoms. The van der Waals surface area contributed by atoms with Crippen molar-refractivity contribution < 1.29 is 9.53 Å². The summed E-state index contributed by atoms with van der Waals surface area (Å²) in [4.78, 5) is 13.8. The fraction of sp³-hybridized carbons (Fsp3) is 0.235. The summed E-state index contributed by atoms with van der Waals surface area (Å²) in [6.07, 6.45) is -0.463. The van der Waals surface area contributed by atoms with Gasteiger partial charge in [-0.2, -0.15) is 0 Å². The molecule has 5 heteroatoms. The minimum Gasteiger partial charge on any atom is -0.448 e. The zero-order valence-corrected chi connectivity index (χ0v) is 13.2. The van der Waals surface area contributed by atoms with Crippen LogP contribution in [0.1, 0.15) is 5.56 Å². The molecule has 0 fully saturated rings. The van der Waals surface area contributed by atoms with Crippen LogP contribution in [-0.2, 0) is 11.3 Å². The number of hydrogen-bond donors (Lipinski definition) is 1. The van der Waals surface area contributed by atoms with Crippen molar-refractivity contribution in [3.8, 4) is 0 Å². The van der Waals surface area contributed by atoms with E-state index in [0.29, 0.717) is 23.9 Å². The van der Waals surface area contributed by atoms with Crippen LogP contribution < -0.4 is 5.32 Å². The van der Waals surface area contributed by atoms with Crippen molar-refractivity contribution in [2.24, 2.45) is 0 Å². The summed E-state index contributed by atoms with van der Waals surface area (Å²) in [5, 5.41) is 3.28. The molecular formula is C17H19ClN2O2. The fourth-order valence-electron chi connectivity index (χ4n) is 1.96. The van der Waals surface area contributed by atoms with Gasteiger partial charge in [0.1, 0.15) is 6.61 Å². The molecule has 1 amide bonds. The lowest BCUT2D eigenvalue weighted by Gasteiger charge is -2.16. The first-order chi connectivity index (χ1) is 10.6. The van der Waals surface area contributed by atoms with Gasteiger partial charge in [-0.1, -0.05) is 41.9 Å². The number of likely N-dealkylation sites (N-methyl/N-ethyl adjacent to an activating group) is 1. The maximum absolute atomic E-state index is 11.7. The molecule has 0 radical (unpaired) electrons. The van der Waals surface area contributed by atoms with Crippen LogP contribution in [0.5, 0.6) is 0 Å². The summed E-state index contributed by atoms with van der Waals surface area (Å²) in [5.41, 5.74) is 1.89. The van der Waals surface area contributed by atoms with Gasteiger partial charge in [0.15, 0.2) is 0 Å². The van der Waals surface area contributed by atoms with Crippen LogP contribution in [0.2, 0.25) is 5.02 Å². The number of amides is 1. The topological polar surface area (TPSA) is 41.6 Å². The van der Waals surface area contributed by atoms with Gasteiger partial charge in [0.2, 0.25) is 0 Å². The molecule has 0 heterocycles. The van der Waals surface area contributed by atoms with Crippen LogP contribution >= 0.6 is 11.6 Å². The van der Waals surface area contributed by atoms with Crippen molar-refractivity contribution in [2.45, 2.75) is 6.54 Å². The Hall–Kier alpha value is -2.04. The van der Waals surface area contributed by atoms with E-state index < -0.39 is 6.09 Å². The van der Waals surface area contributed by atoms with E-state index in [9.17, 15) is 4.79 Å². The monoisotopic (exact) mass is 318 g/mol. The van der Waals surface area contributed by atoms with Gasteiger partial charge >= 0.3 is 6.09 Å². The Balaban J connectivity index is 1.67. The highest BCUT2D eigenvalue weighted by atomic mass is 35.5. The first kappa shape index (κ1) is 16.3. The number of nitrogens with zero attached hydrogens (tertiary/aromatic N) is 1. The van der Waals surface area contributed by atoms with Gasteiger partial charge in [-0.15, -0.1) is 0 Å². The highest BCUT2D eigenvalue weighted by Crippen LogP contribution is 2.13. The van der Waals surface area contributed by atoms with Gasteiger partial charge < -0.3 is 4.74 Å². The van der Waals surface area contributed by atoms with E-state index in [1.54, 1.807) is 24.3 Å². The number of nitrogens with one attached hydrogen (secondary N) is 1. The predicted molar refractivity (Wildman–Crippen MR) is 89.2 cm³/mol. The largest absolute Gasteiger partial charge is 0.448 e. The highest BCUT2D eigenvalue weighted by Gasteiger charge is 2.05. The van der Waals surface area contributed by atoms with E-state index in [1.807, 2.05) is 25.2 Å². The number of benzene rings is 2. The second-order valence-electron chi connectivity index (χ2n) is 4.99. The van der Waals surface area contributed by atoms with Crippen LogP contribution in [0.15, 0.2) is 54.6 Å². The Morgan fingerprint density at radius 2 is 1.82 bits per heavy atom. The lowest BCUT2D eigenvalue weighted by atomic mass is 10.2. The summed E-state index contributed by atoms with van der Waals surface area (Å²) < 4.78 is 5.16. The van der Waals surface area contributed by atoms with Gasteiger partial charge in [0, 0.05) is 23.8 Å². The van der Waals surface area contributed by atoms with E-state index in [4.69, 9.17) is 16.3 Å². The molecule has 1 N–H and O–H groups in total. The van der Waals surface area contributed by atoms with Crippen molar-refractivity contribution in [1.82, 2.24) is 4.90 Å². The lowest BCUT2D eigenvalue weighted by Crippen LogP contribution is -2.25. The number of carbonyl (C=O) groups is 1. The molecule has 0 unspecified atom stereocenters. The van der Waals surface area contributed by atoms with Crippen molar-refractivity contribution in [2.75, 3.05) is 25.5 Å². The molecule has 2 aromatic rings. The van der Waals surface area contributed by atoms with E-state index in [2.05, 4.69) is 22.3 Å². The van der Waals surface area contributed by atoms with Crippen LogP contribution in [0.25, 0.3) is 0 Å². The molecule has 2 rings (SSSR count). The first-order valence-corrected chi connectivity index (χ1v) is 7.43. The summed E-state index contributed by atoms with van der Waals surface area (Å²) in [7, 11) is 1.99. The summed E-state index contributed by atoms with van der Waals surface area (Å²) >= 11 is 5.78. The Labute approximate surface area is 135 Å². The van der Waals surface area contributed by atoms with Crippen LogP contribution in [0.3, 0.4) is 0 Å². The Morgan fingerprint density at radius 3 is 2.50 bits per heavy atom. The average Bonchev–Trinajstić information content (AvgIpc) is 2.50. The number of halogens is 1. The lowest BCUT2D eigenvalue weighted by molar-refractivity contribution is 0.145. The maximum atomic E-state index is 11.7. The molecule has 0 spiro atoms. The standard InChI is InChI=1S/C17H19ClN2O2/c1-20(13-14-5-3-2-4-6-14)11-12-22-17(21)19-16-9-7-15(18)8-10-16/h2-10H,11-13H2,1H3,(H,19,21). The molecule has 0 aliphatic heterocycles. The Kier molecular flexibility index (Phi) is 6.25. The van der Waals surface area contributed by atoms with Gasteiger partial charge in [-0.25, -0.2) is 4.79 Å². The first-order valence-electron chi connectivity index (χ1n) is 7.05. The van der Waals surface area contributed by atoms with Crippen LogP contribution in [0.4, 0.5) is 10.5 Å². The quantitative estimate of drug-likeness (QED) is 0.874. The normalized spacial score (nSPS) is 10.5. The number of ether oxygens (including phenoxy) is 1. The molecule has 0 saturated heterocycles. The maximum Gasteiger partial charge on any atom is 0.411 e. The van der Waals surface area contributed by atoms with Crippen molar-refractivity contribution in [3.63, 3.8) is 0 Å². The minimum absolute atomic E-state index is 0.336. The average molecular weight is 319 g/mol. The van der Waals surface area contributed by atoms with E-state index in [-0.39, 0.29) is 0 Å². The van der Waals surface area contributed by atoms with E-state index in [1.165, 1.54) is 5.56 Å². The smallest absolute Gasteiger partial charge is 0.411 e. The third kappa shape index (κ3) is 5.76. The van der Waals surface area contributed by atoms with Gasteiger partial charge in [-0.3, -0.25) is 10.2 Å². The molecule has 0 aromatic heterocycles. The third-order valence-electron chi connectivity index (χ3n) is 3.09. The van der Waals surface area contributed by atoms with E-state index >= 15 is 0 Å². The SMILES string of the molecule is CN(CCOC(=O)Nc1ccc(Cl)cc1)Cc1ccccc1. The summed E-state index contributed by atoms with van der Waals surface area (Å²) in [5.74, 6) is 0. The molecule has 4 nitrogen and oxygen atoms in total. The molecule has 0 aliphatic carbocycles. The van der Waals surface area contributed by atoms with Crippen molar-refractivity contribution in [3.05, 3.63) is 65.2 Å². The molecule has 0 aliphatic rings. The number of anilines is 1. The van der Waals surface area contributed by atoms with Gasteiger partial charge in [-0.05, 0) is 36.9 Å². The molecule has 0 atom stereocenters. The fourth-order valence-corrected chi connectivity index (χ4v) is 2.08. The van der Waals surface area contributed by atoms with Crippen molar-refractivity contribution in [1.29, 1.82) is 0 Å². The molecule has 0 bridgehead atoms. The Morgan fingerprint density at radius 1 is 1.14 bits per heavy atom. The van der Waals surface area contributed by atoms with E-state index in [0.717, 1.165) is 6.54 Å². The molecule has 2 aromatic carbocycles. The second kappa shape index (κ2) is 8.41. The van der Waals surface area contributed by atoms with Crippen LogP contribution in [-0.4, -0.2) is 31.2 Å². The van der Waals surface area contributed by atoms with Gasteiger partial charge in [0.05, 0.1) is 0 Å². The van der Waals surface area contributed by atoms with Crippen molar-refractivity contribution >= 4 is 23.4 Å². The molecular weight excluding hydrogens is 300 g/mol. The number of rotatable bonds is 6. The second-order valence-corrected chi connectivity index (χ2v) is 5.43. The predicted octanol–water partition coefficient (Wildman–Crippen LogP) is 4.02. The molecule has 116 valence electrons. The Bertz CT molecular complexity index is 587. The van der Waals surface area contributed by atoms with Crippen LogP contribution in [0, 0.1) is 0 Å². The zero-order chi connectivity index (χ0) is 15.8. The number of carbonyl (C=O) groups excluding carboxylic acids is 1. The van der Waals surface area contributed by atoms with Gasteiger partial charge in [0.25, 0.3) is 0 Å². The molecule has 0 saturated carbocycles. The zero-order valence-electron chi connectivity index (χ0n) is 12.5. The number of hydrogen-bond acceptors (Lipinski definition) is 3. The minimum atomic E-state index is -0.463. The highest BCUT2D eigenvalue weighted by molar-refractivity contribution is 6.30. The third-order valence-corrected chi connectivity index (χ3v) is 3.34.